The van der Waals surface area contributed by atoms with Crippen molar-refractivity contribution < 1.29 is 36.9 Å². The maximum Gasteiger partial charge on any atom is 0.422 e. The Kier molecular flexibility index (Phi) is 7.42. The van der Waals surface area contributed by atoms with Crippen LogP contribution in [0, 0.1) is 5.82 Å². The van der Waals surface area contributed by atoms with Gasteiger partial charge in [0.2, 0.25) is 5.95 Å². The van der Waals surface area contributed by atoms with Crippen molar-refractivity contribution in [2.45, 2.75) is 44.6 Å². The van der Waals surface area contributed by atoms with Crippen LogP contribution in [0.1, 0.15) is 32.0 Å². The lowest BCUT2D eigenvalue weighted by Crippen LogP contribution is -2.42. The highest BCUT2D eigenvalue weighted by atomic mass is 35.5. The quantitative estimate of drug-likeness (QED) is 0.421. The van der Waals surface area contributed by atoms with E-state index in [0.29, 0.717) is 6.42 Å². The summed E-state index contributed by atoms with van der Waals surface area (Å²) in [5.41, 5.74) is -0.139. The number of amides is 1. The van der Waals surface area contributed by atoms with E-state index in [-0.39, 0.29) is 35.0 Å². The summed E-state index contributed by atoms with van der Waals surface area (Å²) in [7, 11) is 0. The third kappa shape index (κ3) is 6.11. The molecule has 33 heavy (non-hydrogen) atoms. The second-order valence-electron chi connectivity index (χ2n) is 7.17. The molecule has 1 amide bonds. The molecule has 1 fully saturated rings. The summed E-state index contributed by atoms with van der Waals surface area (Å²) in [5.74, 6) is -1.30. The molecule has 2 aromatic heterocycles. The summed E-state index contributed by atoms with van der Waals surface area (Å²) in [6.45, 7) is 1.65. The Bertz CT molecular complexity index is 1010. The van der Waals surface area contributed by atoms with Crippen molar-refractivity contribution in [1.82, 2.24) is 15.0 Å². The number of cyclic esters (lactones) is 1. The van der Waals surface area contributed by atoms with Gasteiger partial charge in [-0.1, -0.05) is 18.5 Å². The number of carbonyl (C=O) groups is 1. The summed E-state index contributed by atoms with van der Waals surface area (Å²) in [6.07, 6.45) is -4.82. The number of pyridine rings is 1. The van der Waals surface area contributed by atoms with Gasteiger partial charge in [-0.25, -0.2) is 14.2 Å². The van der Waals surface area contributed by atoms with Crippen LogP contribution >= 0.6 is 11.6 Å². The minimum atomic E-state index is -4.57. The second kappa shape index (κ2) is 9.91. The van der Waals surface area contributed by atoms with Crippen molar-refractivity contribution in [3.63, 3.8) is 0 Å². The fraction of sp³-hybridized carbons (Fsp3) is 0.474. The zero-order valence-electron chi connectivity index (χ0n) is 17.4. The molecule has 0 aliphatic carbocycles. The number of ether oxygens (including phenoxy) is 2. The lowest BCUT2D eigenvalue weighted by atomic mass is 10.1. The molecular formula is C19H20ClF4N5O4. The molecule has 0 unspecified atom stereocenters. The molecule has 3 heterocycles. The average Bonchev–Trinajstić information content (AvgIpc) is 3.12. The Morgan fingerprint density at radius 2 is 2.12 bits per heavy atom. The monoisotopic (exact) mass is 493 g/mol. The van der Waals surface area contributed by atoms with Crippen LogP contribution in [-0.2, 0) is 4.74 Å². The second-order valence-corrected chi connectivity index (χ2v) is 7.56. The molecular weight excluding hydrogens is 474 g/mol. The van der Waals surface area contributed by atoms with E-state index in [0.717, 1.165) is 17.2 Å². The van der Waals surface area contributed by atoms with E-state index in [1.165, 1.54) is 13.0 Å². The summed E-state index contributed by atoms with van der Waals surface area (Å²) in [4.78, 5) is 25.4. The number of hydrogen-bond donors (Lipinski definition) is 2. The lowest BCUT2D eigenvalue weighted by molar-refractivity contribution is -0.153. The number of nitrogens with one attached hydrogen (secondary N) is 1. The topological polar surface area (TPSA) is 110 Å². The van der Waals surface area contributed by atoms with Gasteiger partial charge < -0.3 is 19.9 Å². The smallest absolute Gasteiger partial charge is 0.422 e. The van der Waals surface area contributed by atoms with Crippen LogP contribution in [0.3, 0.4) is 0 Å². The Balaban J connectivity index is 1.78. The Morgan fingerprint density at radius 3 is 2.76 bits per heavy atom. The summed E-state index contributed by atoms with van der Waals surface area (Å²) in [6, 6.07) is 0.580. The number of carbonyl (C=O) groups excluding carboxylic acids is 1. The van der Waals surface area contributed by atoms with Crippen LogP contribution < -0.4 is 15.0 Å². The van der Waals surface area contributed by atoms with Gasteiger partial charge in [-0.2, -0.15) is 18.2 Å². The number of alkyl halides is 3. The predicted octanol–water partition coefficient (Wildman–Crippen LogP) is 3.87. The van der Waals surface area contributed by atoms with Gasteiger partial charge in [0, 0.05) is 12.1 Å². The summed E-state index contributed by atoms with van der Waals surface area (Å²) < 4.78 is 60.7. The molecule has 14 heteroatoms. The van der Waals surface area contributed by atoms with E-state index in [2.05, 4.69) is 25.0 Å². The first-order chi connectivity index (χ1) is 15.5. The standard InChI is InChI=1S/C19H20ClF4N5O4/c1-3-13(30)12-7-32-18(31)29(12)15-5-14(20)27-17(28-15)26-9(2)16-11(21)4-10(6-25-16)33-8-19(22,23)24/h4-6,9,12-13,30H,3,7-8H2,1-2H3,(H,26,27,28)/t9-,12+,13+/m0/s1. The number of hydrogen-bond acceptors (Lipinski definition) is 8. The zero-order chi connectivity index (χ0) is 24.3. The van der Waals surface area contributed by atoms with Crippen LogP contribution in [0.15, 0.2) is 18.3 Å². The van der Waals surface area contributed by atoms with Crippen molar-refractivity contribution in [3.8, 4) is 5.75 Å². The maximum absolute atomic E-state index is 14.4. The van der Waals surface area contributed by atoms with Gasteiger partial charge >= 0.3 is 12.3 Å². The van der Waals surface area contributed by atoms with E-state index in [1.54, 1.807) is 6.92 Å². The van der Waals surface area contributed by atoms with Crippen molar-refractivity contribution in [2.75, 3.05) is 23.4 Å². The van der Waals surface area contributed by atoms with Gasteiger partial charge in [0.25, 0.3) is 0 Å². The number of aliphatic hydroxyl groups is 1. The zero-order valence-corrected chi connectivity index (χ0v) is 18.2. The van der Waals surface area contributed by atoms with E-state index in [9.17, 15) is 27.5 Å². The van der Waals surface area contributed by atoms with Crippen LogP contribution in [-0.4, -0.2) is 57.7 Å². The van der Waals surface area contributed by atoms with Gasteiger partial charge in [0.05, 0.1) is 24.0 Å². The van der Waals surface area contributed by atoms with Crippen LogP contribution in [0.2, 0.25) is 5.15 Å². The Labute approximate surface area is 190 Å². The van der Waals surface area contributed by atoms with Gasteiger partial charge in [-0.15, -0.1) is 0 Å². The molecule has 1 saturated heterocycles. The molecule has 180 valence electrons. The molecule has 0 saturated carbocycles. The van der Waals surface area contributed by atoms with Crippen molar-refractivity contribution in [1.29, 1.82) is 0 Å². The predicted molar refractivity (Wildman–Crippen MR) is 109 cm³/mol. The van der Waals surface area contributed by atoms with Gasteiger partial charge in [0.1, 0.15) is 29.4 Å². The first-order valence-corrected chi connectivity index (χ1v) is 10.2. The highest BCUT2D eigenvalue weighted by Crippen LogP contribution is 2.29. The maximum atomic E-state index is 14.4. The van der Waals surface area contributed by atoms with Gasteiger partial charge in [0.15, 0.2) is 12.4 Å². The summed E-state index contributed by atoms with van der Waals surface area (Å²) in [5, 5.41) is 12.9. The number of rotatable bonds is 8. The SMILES string of the molecule is CC[C@@H](O)[C@H]1COC(=O)N1c1cc(Cl)nc(N[C@@H](C)c2ncc(OCC(F)(F)F)cc2F)n1. The molecule has 2 N–H and O–H groups in total. The Hall–Kier alpha value is -2.93. The first kappa shape index (κ1) is 24.7. The van der Waals surface area contributed by atoms with Crippen molar-refractivity contribution in [2.24, 2.45) is 0 Å². The highest BCUT2D eigenvalue weighted by Gasteiger charge is 2.39. The molecule has 3 atom stereocenters. The van der Waals surface area contributed by atoms with E-state index in [4.69, 9.17) is 16.3 Å². The largest absolute Gasteiger partial charge is 0.482 e. The molecule has 0 spiro atoms. The third-order valence-electron chi connectivity index (χ3n) is 4.70. The fourth-order valence-electron chi connectivity index (χ4n) is 3.10. The van der Waals surface area contributed by atoms with Crippen molar-refractivity contribution >= 4 is 29.5 Å². The van der Waals surface area contributed by atoms with E-state index in [1.807, 2.05) is 0 Å². The summed E-state index contributed by atoms with van der Waals surface area (Å²) >= 11 is 6.06. The molecule has 0 aromatic carbocycles. The highest BCUT2D eigenvalue weighted by molar-refractivity contribution is 6.29. The number of halogens is 5. The molecule has 3 rings (SSSR count). The lowest BCUT2D eigenvalue weighted by Gasteiger charge is -2.24. The molecule has 9 nitrogen and oxygen atoms in total. The minimum Gasteiger partial charge on any atom is -0.482 e. The number of aliphatic hydroxyl groups excluding tert-OH is 1. The van der Waals surface area contributed by atoms with Gasteiger partial charge in [-0.05, 0) is 13.3 Å². The average molecular weight is 494 g/mol. The minimum absolute atomic E-state index is 0.0352. The van der Waals surface area contributed by atoms with E-state index >= 15 is 0 Å². The third-order valence-corrected chi connectivity index (χ3v) is 4.89. The molecule has 1 aliphatic rings. The van der Waals surface area contributed by atoms with Crippen LogP contribution in [0.4, 0.5) is 34.1 Å². The normalized spacial score (nSPS) is 18.1. The molecule has 0 bridgehead atoms. The van der Waals surface area contributed by atoms with E-state index < -0.39 is 42.9 Å². The molecule has 1 aliphatic heterocycles. The molecule has 2 aromatic rings. The fourth-order valence-corrected chi connectivity index (χ4v) is 3.28. The van der Waals surface area contributed by atoms with Gasteiger partial charge in [-0.3, -0.25) is 9.88 Å². The van der Waals surface area contributed by atoms with Crippen LogP contribution in [0.25, 0.3) is 0 Å². The Morgan fingerprint density at radius 1 is 1.39 bits per heavy atom. The first-order valence-electron chi connectivity index (χ1n) is 9.78. The number of anilines is 2. The number of aromatic nitrogens is 3. The number of nitrogens with zero attached hydrogens (tertiary/aromatic N) is 4. The van der Waals surface area contributed by atoms with Crippen molar-refractivity contribution in [3.05, 3.63) is 35.0 Å². The van der Waals surface area contributed by atoms with Crippen LogP contribution in [0.5, 0.6) is 5.75 Å². The molecule has 0 radical (unpaired) electrons.